The molecular formula is C6H13N3OS. The molecule has 1 saturated heterocycles. The summed E-state index contributed by atoms with van der Waals surface area (Å²) in [5.74, 6) is 0. The van der Waals surface area contributed by atoms with Crippen LogP contribution < -0.4 is 11.0 Å². The van der Waals surface area contributed by atoms with Gasteiger partial charge in [0.15, 0.2) is 0 Å². The third-order valence-corrected chi connectivity index (χ3v) is 1.85. The standard InChI is InChI=1S/C6H13N3OS/c10-5-1-3-9-4-2-6(11)7-8-9/h8,10H,1-5H2,(H,7,11). The van der Waals surface area contributed by atoms with Crippen molar-refractivity contribution in [3.8, 4) is 0 Å². The van der Waals surface area contributed by atoms with Crippen molar-refractivity contribution >= 4 is 17.2 Å². The van der Waals surface area contributed by atoms with Crippen LogP contribution in [0.5, 0.6) is 0 Å². The number of nitrogens with zero attached hydrogens (tertiary/aromatic N) is 1. The Labute approximate surface area is 71.5 Å². The van der Waals surface area contributed by atoms with Crippen LogP contribution in [0.1, 0.15) is 12.8 Å². The second kappa shape index (κ2) is 4.61. The number of hydrazine groups is 2. The van der Waals surface area contributed by atoms with Crippen LogP contribution in [0, 0.1) is 0 Å². The van der Waals surface area contributed by atoms with Gasteiger partial charge < -0.3 is 10.5 Å². The average molecular weight is 175 g/mol. The first-order chi connectivity index (χ1) is 5.33. The third kappa shape index (κ3) is 3.11. The molecule has 4 nitrogen and oxygen atoms in total. The summed E-state index contributed by atoms with van der Waals surface area (Å²) in [6.45, 7) is 2.01. The zero-order chi connectivity index (χ0) is 8.10. The minimum absolute atomic E-state index is 0.239. The van der Waals surface area contributed by atoms with E-state index in [0.29, 0.717) is 0 Å². The molecule has 11 heavy (non-hydrogen) atoms. The lowest BCUT2D eigenvalue weighted by atomic mass is 10.3. The normalized spacial score (nSPS) is 19.9. The van der Waals surface area contributed by atoms with Crippen LogP contribution in [0.15, 0.2) is 0 Å². The molecule has 1 heterocycles. The molecule has 1 rings (SSSR count). The molecule has 0 atom stereocenters. The molecule has 0 bridgehead atoms. The highest BCUT2D eigenvalue weighted by Crippen LogP contribution is 1.94. The predicted molar refractivity (Wildman–Crippen MR) is 46.8 cm³/mol. The summed E-state index contributed by atoms with van der Waals surface area (Å²) in [4.78, 5) is 0.852. The van der Waals surface area contributed by atoms with Crippen LogP contribution in [-0.2, 0) is 0 Å². The minimum atomic E-state index is 0.239. The van der Waals surface area contributed by atoms with Crippen LogP contribution in [0.2, 0.25) is 0 Å². The van der Waals surface area contributed by atoms with Gasteiger partial charge in [-0.15, -0.1) is 0 Å². The van der Waals surface area contributed by atoms with Gasteiger partial charge in [-0.25, -0.2) is 5.01 Å². The monoisotopic (exact) mass is 175 g/mol. The Kier molecular flexibility index (Phi) is 3.71. The van der Waals surface area contributed by atoms with E-state index < -0.39 is 0 Å². The summed E-state index contributed by atoms with van der Waals surface area (Å²) < 4.78 is 0. The van der Waals surface area contributed by atoms with E-state index in [1.54, 1.807) is 0 Å². The van der Waals surface area contributed by atoms with Crippen LogP contribution in [0.25, 0.3) is 0 Å². The summed E-state index contributed by atoms with van der Waals surface area (Å²) in [6.07, 6.45) is 1.69. The molecule has 3 N–H and O–H groups in total. The number of nitrogens with one attached hydrogen (secondary N) is 2. The largest absolute Gasteiger partial charge is 0.396 e. The highest BCUT2D eigenvalue weighted by atomic mass is 32.1. The smallest absolute Gasteiger partial charge is 0.0919 e. The molecule has 1 aliphatic heterocycles. The van der Waals surface area contributed by atoms with E-state index >= 15 is 0 Å². The second-order valence-electron chi connectivity index (χ2n) is 2.47. The van der Waals surface area contributed by atoms with Gasteiger partial charge in [0.05, 0.1) is 4.99 Å². The number of thiocarbonyl (C=S) groups is 1. The molecular weight excluding hydrogens is 162 g/mol. The Morgan fingerprint density at radius 1 is 1.64 bits per heavy atom. The summed E-state index contributed by atoms with van der Waals surface area (Å²) >= 11 is 4.92. The molecule has 1 aliphatic rings. The lowest BCUT2D eigenvalue weighted by molar-refractivity contribution is 0.144. The van der Waals surface area contributed by atoms with Gasteiger partial charge in [-0.1, -0.05) is 12.2 Å². The molecule has 0 saturated carbocycles. The van der Waals surface area contributed by atoms with Crippen molar-refractivity contribution < 1.29 is 5.11 Å². The van der Waals surface area contributed by atoms with Crippen molar-refractivity contribution in [1.29, 1.82) is 0 Å². The average Bonchev–Trinajstić information content (AvgIpc) is 2.04. The molecule has 0 aliphatic carbocycles. The van der Waals surface area contributed by atoms with Crippen LogP contribution in [-0.4, -0.2) is 34.8 Å². The van der Waals surface area contributed by atoms with Crippen molar-refractivity contribution in [3.63, 3.8) is 0 Å². The third-order valence-electron chi connectivity index (χ3n) is 1.55. The first-order valence-corrected chi connectivity index (χ1v) is 4.14. The van der Waals surface area contributed by atoms with E-state index in [-0.39, 0.29) is 6.61 Å². The summed E-state index contributed by atoms with van der Waals surface area (Å²) in [6, 6.07) is 0. The van der Waals surface area contributed by atoms with Gasteiger partial charge in [0, 0.05) is 26.1 Å². The highest BCUT2D eigenvalue weighted by molar-refractivity contribution is 7.80. The van der Waals surface area contributed by atoms with Crippen molar-refractivity contribution in [2.75, 3.05) is 19.7 Å². The predicted octanol–water partition coefficient (Wildman–Crippen LogP) is -0.589. The Bertz CT molecular complexity index is 132. The molecule has 0 aromatic rings. The molecule has 0 aromatic heterocycles. The fraction of sp³-hybridized carbons (Fsp3) is 0.833. The van der Waals surface area contributed by atoms with E-state index in [9.17, 15) is 0 Å². The maximum atomic E-state index is 8.55. The molecule has 0 spiro atoms. The molecule has 1 fully saturated rings. The Morgan fingerprint density at radius 3 is 3.00 bits per heavy atom. The lowest BCUT2D eigenvalue weighted by Crippen LogP contribution is -2.55. The van der Waals surface area contributed by atoms with Gasteiger partial charge in [-0.05, 0) is 6.42 Å². The Balaban J connectivity index is 2.12. The van der Waals surface area contributed by atoms with Crippen molar-refractivity contribution in [2.45, 2.75) is 12.8 Å². The maximum absolute atomic E-state index is 8.55. The van der Waals surface area contributed by atoms with Crippen molar-refractivity contribution in [3.05, 3.63) is 0 Å². The quantitative estimate of drug-likeness (QED) is 0.501. The van der Waals surface area contributed by atoms with E-state index in [0.717, 1.165) is 30.9 Å². The van der Waals surface area contributed by atoms with Gasteiger partial charge >= 0.3 is 0 Å². The number of aliphatic hydroxyl groups excluding tert-OH is 1. The molecule has 0 radical (unpaired) electrons. The van der Waals surface area contributed by atoms with Gasteiger partial charge in [-0.3, -0.25) is 0 Å². The van der Waals surface area contributed by atoms with E-state index in [4.69, 9.17) is 17.3 Å². The highest BCUT2D eigenvalue weighted by Gasteiger charge is 2.10. The number of rotatable bonds is 3. The fourth-order valence-corrected chi connectivity index (χ4v) is 1.06. The SMILES string of the molecule is OCCCN1CCC(=S)NN1. The van der Waals surface area contributed by atoms with Crippen LogP contribution in [0.3, 0.4) is 0 Å². The summed E-state index contributed by atoms with van der Waals surface area (Å²) in [5.41, 5.74) is 5.80. The van der Waals surface area contributed by atoms with Crippen LogP contribution in [0.4, 0.5) is 0 Å². The van der Waals surface area contributed by atoms with Gasteiger partial charge in [-0.2, -0.15) is 5.53 Å². The van der Waals surface area contributed by atoms with E-state index in [1.807, 2.05) is 5.01 Å². The minimum Gasteiger partial charge on any atom is -0.396 e. The molecule has 0 unspecified atom stereocenters. The lowest BCUT2D eigenvalue weighted by Gasteiger charge is -2.28. The van der Waals surface area contributed by atoms with Crippen molar-refractivity contribution in [2.24, 2.45) is 0 Å². The topological polar surface area (TPSA) is 47.5 Å². The van der Waals surface area contributed by atoms with Gasteiger partial charge in [0.2, 0.25) is 0 Å². The van der Waals surface area contributed by atoms with E-state index in [1.165, 1.54) is 0 Å². The first-order valence-electron chi connectivity index (χ1n) is 3.73. The van der Waals surface area contributed by atoms with Crippen molar-refractivity contribution in [1.82, 2.24) is 16.0 Å². The van der Waals surface area contributed by atoms with Gasteiger partial charge in [0.1, 0.15) is 0 Å². The zero-order valence-corrected chi connectivity index (χ0v) is 7.15. The summed E-state index contributed by atoms with van der Waals surface area (Å²) in [7, 11) is 0. The molecule has 64 valence electrons. The number of hydrogen-bond donors (Lipinski definition) is 3. The van der Waals surface area contributed by atoms with Gasteiger partial charge in [0.25, 0.3) is 0 Å². The number of aliphatic hydroxyl groups is 1. The second-order valence-corrected chi connectivity index (χ2v) is 2.97. The fourth-order valence-electron chi connectivity index (χ4n) is 0.926. The maximum Gasteiger partial charge on any atom is 0.0919 e. The zero-order valence-electron chi connectivity index (χ0n) is 6.34. The molecule has 5 heteroatoms. The summed E-state index contributed by atoms with van der Waals surface area (Å²) in [5, 5.41) is 10.6. The Hall–Kier alpha value is -0.230. The Morgan fingerprint density at radius 2 is 2.45 bits per heavy atom. The van der Waals surface area contributed by atoms with E-state index in [2.05, 4.69) is 11.0 Å². The number of hydrogen-bond acceptors (Lipinski definition) is 4. The van der Waals surface area contributed by atoms with Crippen LogP contribution >= 0.6 is 12.2 Å². The first kappa shape index (κ1) is 8.86. The molecule has 0 aromatic carbocycles. The molecule has 0 amide bonds.